The number of piperidine rings is 1. The largest absolute Gasteiger partial charge is 0.356 e. The van der Waals surface area contributed by atoms with Gasteiger partial charge in [-0.05, 0) is 64.1 Å². The summed E-state index contributed by atoms with van der Waals surface area (Å²) in [5.74, 6) is 1.28. The van der Waals surface area contributed by atoms with Gasteiger partial charge in [0.2, 0.25) is 5.91 Å². The molecule has 0 bridgehead atoms. The van der Waals surface area contributed by atoms with Gasteiger partial charge in [0.15, 0.2) is 0 Å². The smallest absolute Gasteiger partial charge is 0.223 e. The van der Waals surface area contributed by atoms with Crippen molar-refractivity contribution in [1.29, 1.82) is 0 Å². The Bertz CT molecular complexity index is 300. The zero-order valence-electron chi connectivity index (χ0n) is 12.9. The summed E-state index contributed by atoms with van der Waals surface area (Å²) in [5, 5.41) is 3.10. The van der Waals surface area contributed by atoms with E-state index in [9.17, 15) is 4.79 Å². The van der Waals surface area contributed by atoms with Crippen molar-refractivity contribution in [2.24, 2.45) is 17.6 Å². The molecule has 20 heavy (non-hydrogen) atoms. The molecular weight excluding hydrogens is 250 g/mol. The lowest BCUT2D eigenvalue weighted by Gasteiger charge is -2.30. The van der Waals surface area contributed by atoms with Crippen LogP contribution >= 0.6 is 0 Å². The van der Waals surface area contributed by atoms with Gasteiger partial charge in [0.25, 0.3) is 0 Å². The number of amides is 1. The fourth-order valence-corrected chi connectivity index (χ4v) is 3.41. The van der Waals surface area contributed by atoms with Crippen LogP contribution in [0.4, 0.5) is 0 Å². The highest BCUT2D eigenvalue weighted by Crippen LogP contribution is 2.23. The molecule has 0 aromatic rings. The van der Waals surface area contributed by atoms with E-state index in [1.807, 2.05) is 0 Å². The molecule has 0 spiro atoms. The van der Waals surface area contributed by atoms with Crippen LogP contribution in [0, 0.1) is 11.8 Å². The fourth-order valence-electron chi connectivity index (χ4n) is 3.41. The van der Waals surface area contributed by atoms with Crippen LogP contribution in [0.5, 0.6) is 0 Å². The Balaban J connectivity index is 1.55. The van der Waals surface area contributed by atoms with E-state index < -0.39 is 0 Å². The summed E-state index contributed by atoms with van der Waals surface area (Å²) in [6, 6.07) is 0.231. The Hall–Kier alpha value is -0.610. The van der Waals surface area contributed by atoms with Gasteiger partial charge >= 0.3 is 0 Å². The molecule has 1 aliphatic heterocycles. The Morgan fingerprint density at radius 2 is 2.00 bits per heavy atom. The maximum atomic E-state index is 12.1. The Labute approximate surface area is 123 Å². The van der Waals surface area contributed by atoms with E-state index in [2.05, 4.69) is 17.1 Å². The number of carbonyl (C=O) groups is 1. The molecule has 3 N–H and O–H groups in total. The SMILES string of the molecule is CC1CCN(CCCNC(=O)C2CCCC(N)C2)CC1. The molecule has 1 heterocycles. The third-order valence-corrected chi connectivity index (χ3v) is 4.91. The van der Waals surface area contributed by atoms with Crippen molar-refractivity contribution in [1.82, 2.24) is 10.2 Å². The van der Waals surface area contributed by atoms with Crippen molar-refractivity contribution in [2.45, 2.75) is 57.9 Å². The Kier molecular flexibility index (Phi) is 6.30. The van der Waals surface area contributed by atoms with Crippen LogP contribution in [0.15, 0.2) is 0 Å². The minimum Gasteiger partial charge on any atom is -0.356 e. The monoisotopic (exact) mass is 281 g/mol. The Morgan fingerprint density at radius 1 is 1.25 bits per heavy atom. The molecule has 1 saturated carbocycles. The van der Waals surface area contributed by atoms with Gasteiger partial charge in [-0.2, -0.15) is 0 Å². The van der Waals surface area contributed by atoms with Crippen LogP contribution in [0.1, 0.15) is 51.9 Å². The number of hydrogen-bond donors (Lipinski definition) is 2. The van der Waals surface area contributed by atoms with Crippen LogP contribution < -0.4 is 11.1 Å². The standard InChI is InChI=1S/C16H31N3O/c1-13-6-10-19(11-7-13)9-3-8-18-16(20)14-4-2-5-15(17)12-14/h13-15H,2-12,17H2,1H3,(H,18,20). The van der Waals surface area contributed by atoms with E-state index in [4.69, 9.17) is 5.73 Å². The molecule has 4 nitrogen and oxygen atoms in total. The molecule has 0 aromatic carbocycles. The van der Waals surface area contributed by atoms with Gasteiger partial charge in [-0.1, -0.05) is 13.3 Å². The summed E-state index contributed by atoms with van der Waals surface area (Å²) in [5.41, 5.74) is 5.94. The lowest BCUT2D eigenvalue weighted by atomic mass is 9.85. The average molecular weight is 281 g/mol. The van der Waals surface area contributed by atoms with Crippen molar-refractivity contribution in [3.05, 3.63) is 0 Å². The second-order valence-corrected chi connectivity index (χ2v) is 6.79. The van der Waals surface area contributed by atoms with Crippen LogP contribution in [0.2, 0.25) is 0 Å². The summed E-state index contributed by atoms with van der Waals surface area (Å²) in [7, 11) is 0. The number of carbonyl (C=O) groups excluding carboxylic acids is 1. The molecule has 2 atom stereocenters. The van der Waals surface area contributed by atoms with E-state index in [-0.39, 0.29) is 17.9 Å². The molecule has 2 fully saturated rings. The van der Waals surface area contributed by atoms with E-state index in [1.54, 1.807) is 0 Å². The summed E-state index contributed by atoms with van der Waals surface area (Å²) in [6.45, 7) is 6.74. The van der Waals surface area contributed by atoms with E-state index in [0.29, 0.717) is 0 Å². The van der Waals surface area contributed by atoms with Crippen molar-refractivity contribution in [2.75, 3.05) is 26.2 Å². The van der Waals surface area contributed by atoms with Gasteiger partial charge in [-0.15, -0.1) is 0 Å². The molecule has 0 aromatic heterocycles. The highest BCUT2D eigenvalue weighted by atomic mass is 16.1. The average Bonchev–Trinajstić information content (AvgIpc) is 2.45. The van der Waals surface area contributed by atoms with Crippen molar-refractivity contribution in [3.8, 4) is 0 Å². The molecule has 1 amide bonds. The number of likely N-dealkylation sites (tertiary alicyclic amines) is 1. The van der Waals surface area contributed by atoms with Crippen LogP contribution in [-0.2, 0) is 4.79 Å². The number of rotatable bonds is 5. The second kappa shape index (κ2) is 7.99. The zero-order valence-corrected chi connectivity index (χ0v) is 12.9. The number of nitrogens with one attached hydrogen (secondary N) is 1. The molecule has 1 saturated heterocycles. The van der Waals surface area contributed by atoms with Gasteiger partial charge in [0.1, 0.15) is 0 Å². The molecule has 1 aliphatic carbocycles. The van der Waals surface area contributed by atoms with Gasteiger partial charge in [0.05, 0.1) is 0 Å². The first-order valence-electron chi connectivity index (χ1n) is 8.41. The number of hydrogen-bond acceptors (Lipinski definition) is 3. The van der Waals surface area contributed by atoms with E-state index in [0.717, 1.165) is 51.1 Å². The van der Waals surface area contributed by atoms with Crippen molar-refractivity contribution >= 4 is 5.91 Å². The van der Waals surface area contributed by atoms with Gasteiger partial charge in [0, 0.05) is 18.5 Å². The maximum absolute atomic E-state index is 12.1. The second-order valence-electron chi connectivity index (χ2n) is 6.79. The molecular formula is C16H31N3O. The van der Waals surface area contributed by atoms with Gasteiger partial charge < -0.3 is 16.0 Å². The normalized spacial score (nSPS) is 29.3. The third-order valence-electron chi connectivity index (χ3n) is 4.91. The minimum atomic E-state index is 0.162. The lowest BCUT2D eigenvalue weighted by Crippen LogP contribution is -2.39. The van der Waals surface area contributed by atoms with Crippen LogP contribution in [-0.4, -0.2) is 43.0 Å². The number of nitrogens with zero attached hydrogens (tertiary/aromatic N) is 1. The summed E-state index contributed by atoms with van der Waals surface area (Å²) >= 11 is 0. The summed E-state index contributed by atoms with van der Waals surface area (Å²) < 4.78 is 0. The predicted molar refractivity (Wildman–Crippen MR) is 82.4 cm³/mol. The quantitative estimate of drug-likeness (QED) is 0.755. The summed E-state index contributed by atoms with van der Waals surface area (Å²) in [4.78, 5) is 14.6. The van der Waals surface area contributed by atoms with Crippen LogP contribution in [0.25, 0.3) is 0 Å². The molecule has 2 aliphatic rings. The highest BCUT2D eigenvalue weighted by Gasteiger charge is 2.24. The molecule has 116 valence electrons. The first-order valence-corrected chi connectivity index (χ1v) is 8.41. The number of nitrogens with two attached hydrogens (primary N) is 1. The molecule has 2 rings (SSSR count). The van der Waals surface area contributed by atoms with Crippen LogP contribution in [0.3, 0.4) is 0 Å². The van der Waals surface area contributed by atoms with Gasteiger partial charge in [-0.25, -0.2) is 0 Å². The predicted octanol–water partition coefficient (Wildman–Crippen LogP) is 1.74. The van der Waals surface area contributed by atoms with Crippen molar-refractivity contribution < 1.29 is 4.79 Å². The van der Waals surface area contributed by atoms with Gasteiger partial charge in [-0.3, -0.25) is 4.79 Å². The first-order chi connectivity index (χ1) is 9.65. The Morgan fingerprint density at radius 3 is 2.70 bits per heavy atom. The molecule has 0 radical (unpaired) electrons. The first kappa shape index (κ1) is 15.8. The minimum absolute atomic E-state index is 0.162. The fraction of sp³-hybridized carbons (Fsp3) is 0.938. The van der Waals surface area contributed by atoms with Crippen molar-refractivity contribution in [3.63, 3.8) is 0 Å². The van der Waals surface area contributed by atoms with E-state index in [1.165, 1.54) is 25.9 Å². The lowest BCUT2D eigenvalue weighted by molar-refractivity contribution is -0.126. The topological polar surface area (TPSA) is 58.4 Å². The molecule has 2 unspecified atom stereocenters. The maximum Gasteiger partial charge on any atom is 0.223 e. The zero-order chi connectivity index (χ0) is 14.4. The molecule has 4 heteroatoms. The highest BCUT2D eigenvalue weighted by molar-refractivity contribution is 5.78. The third kappa shape index (κ3) is 5.06. The summed E-state index contributed by atoms with van der Waals surface area (Å²) in [6.07, 6.45) is 7.79. The van der Waals surface area contributed by atoms with E-state index >= 15 is 0 Å².